The van der Waals surface area contributed by atoms with Crippen LogP contribution in [0.3, 0.4) is 0 Å². The molecular weight excluding hydrogens is 336 g/mol. The minimum Gasteiger partial charge on any atom is -0.504 e. The maximum Gasteiger partial charge on any atom is 0.160 e. The molecule has 3 rings (SSSR count). The lowest BCUT2D eigenvalue weighted by Crippen LogP contribution is -2.38. The summed E-state index contributed by atoms with van der Waals surface area (Å²) in [5, 5.41) is 19.8. The molecule has 0 bridgehead atoms. The van der Waals surface area contributed by atoms with Gasteiger partial charge in [-0.15, -0.1) is 0 Å². The molecule has 0 unspecified atom stereocenters. The van der Waals surface area contributed by atoms with Gasteiger partial charge in [0.15, 0.2) is 23.0 Å². The van der Waals surface area contributed by atoms with Crippen molar-refractivity contribution in [2.75, 3.05) is 14.2 Å². The zero-order valence-corrected chi connectivity index (χ0v) is 15.3. The first-order valence-corrected chi connectivity index (χ1v) is 8.52. The van der Waals surface area contributed by atoms with Gasteiger partial charge in [0.2, 0.25) is 0 Å². The first-order valence-electron chi connectivity index (χ1n) is 8.52. The maximum absolute atomic E-state index is 9.91. The standard InChI is InChI=1S/C20H24O6/c1-11-19(13-5-7-15(21)17(9-13)23-3)20(12(2)26-25-11)14-6-8-16(22)18(10-14)24-4/h5-12,19-22H,1-4H3/t11-,12-,19+,20+/m0/s1. The normalized spacial score (nSPS) is 25.7. The third-order valence-electron chi connectivity index (χ3n) is 4.93. The second kappa shape index (κ2) is 7.43. The molecule has 2 N–H and O–H groups in total. The molecule has 0 aromatic heterocycles. The predicted octanol–water partition coefficient (Wildman–Crippen LogP) is 3.72. The summed E-state index contributed by atoms with van der Waals surface area (Å²) in [5.41, 5.74) is 1.94. The van der Waals surface area contributed by atoms with Crippen molar-refractivity contribution >= 4 is 0 Å². The average Bonchev–Trinajstić information content (AvgIpc) is 2.64. The molecule has 6 nitrogen and oxygen atoms in total. The van der Waals surface area contributed by atoms with Crippen LogP contribution < -0.4 is 9.47 Å². The third-order valence-corrected chi connectivity index (χ3v) is 4.93. The minimum absolute atomic E-state index is 0.0394. The van der Waals surface area contributed by atoms with E-state index in [2.05, 4.69) is 0 Å². The highest BCUT2D eigenvalue weighted by molar-refractivity contribution is 5.47. The second-order valence-electron chi connectivity index (χ2n) is 6.52. The van der Waals surface area contributed by atoms with E-state index in [0.29, 0.717) is 11.5 Å². The highest BCUT2D eigenvalue weighted by Gasteiger charge is 2.40. The van der Waals surface area contributed by atoms with E-state index in [1.807, 2.05) is 38.1 Å². The van der Waals surface area contributed by atoms with Crippen LogP contribution in [-0.2, 0) is 9.78 Å². The number of benzene rings is 2. The summed E-state index contributed by atoms with van der Waals surface area (Å²) < 4.78 is 10.5. The fourth-order valence-corrected chi connectivity index (χ4v) is 3.64. The Bertz CT molecular complexity index is 709. The molecule has 0 spiro atoms. The molecule has 26 heavy (non-hydrogen) atoms. The molecule has 2 aromatic rings. The molecule has 6 heteroatoms. The number of hydrogen-bond acceptors (Lipinski definition) is 6. The van der Waals surface area contributed by atoms with Gasteiger partial charge in [0, 0.05) is 11.8 Å². The SMILES string of the molecule is COc1cc([C@@H]2[C@@H](c3ccc(O)c(OC)c3)[C@H](C)OO[C@H]2C)ccc1O. The Labute approximate surface area is 152 Å². The second-order valence-corrected chi connectivity index (χ2v) is 6.52. The molecule has 0 radical (unpaired) electrons. The van der Waals surface area contributed by atoms with Gasteiger partial charge < -0.3 is 19.7 Å². The van der Waals surface area contributed by atoms with Crippen LogP contribution >= 0.6 is 0 Å². The molecule has 4 atom stereocenters. The van der Waals surface area contributed by atoms with Crippen LogP contribution in [-0.4, -0.2) is 36.6 Å². The van der Waals surface area contributed by atoms with Crippen LogP contribution in [0.2, 0.25) is 0 Å². The van der Waals surface area contributed by atoms with Gasteiger partial charge in [-0.2, -0.15) is 0 Å². The van der Waals surface area contributed by atoms with E-state index in [4.69, 9.17) is 19.2 Å². The molecule has 1 heterocycles. The maximum atomic E-state index is 9.91. The number of phenols is 2. The zero-order chi connectivity index (χ0) is 18.8. The van der Waals surface area contributed by atoms with Crippen molar-refractivity contribution in [2.24, 2.45) is 0 Å². The topological polar surface area (TPSA) is 77.4 Å². The first-order chi connectivity index (χ1) is 12.5. The van der Waals surface area contributed by atoms with Gasteiger partial charge in [-0.25, -0.2) is 9.78 Å². The number of methoxy groups -OCH3 is 2. The summed E-state index contributed by atoms with van der Waals surface area (Å²) in [6, 6.07) is 10.6. The Morgan fingerprint density at radius 3 is 1.46 bits per heavy atom. The first kappa shape index (κ1) is 18.4. The van der Waals surface area contributed by atoms with Gasteiger partial charge in [0.25, 0.3) is 0 Å². The summed E-state index contributed by atoms with van der Waals surface area (Å²) in [5.74, 6) is 0.928. The van der Waals surface area contributed by atoms with Crippen LogP contribution in [0.4, 0.5) is 0 Å². The Hall–Kier alpha value is -2.44. The van der Waals surface area contributed by atoms with E-state index in [1.54, 1.807) is 12.1 Å². The molecule has 140 valence electrons. The largest absolute Gasteiger partial charge is 0.504 e. The summed E-state index contributed by atoms with van der Waals surface area (Å²) in [6.07, 6.45) is -0.435. The molecule has 0 saturated carbocycles. The molecule has 1 saturated heterocycles. The van der Waals surface area contributed by atoms with E-state index in [-0.39, 0.29) is 35.5 Å². The van der Waals surface area contributed by atoms with E-state index in [0.717, 1.165) is 11.1 Å². The highest BCUT2D eigenvalue weighted by Crippen LogP contribution is 2.46. The van der Waals surface area contributed by atoms with Gasteiger partial charge >= 0.3 is 0 Å². The predicted molar refractivity (Wildman–Crippen MR) is 95.9 cm³/mol. The van der Waals surface area contributed by atoms with E-state index in [9.17, 15) is 10.2 Å². The van der Waals surface area contributed by atoms with Crippen LogP contribution in [0.15, 0.2) is 36.4 Å². The average molecular weight is 360 g/mol. The van der Waals surface area contributed by atoms with Crippen molar-refractivity contribution < 1.29 is 29.5 Å². The van der Waals surface area contributed by atoms with Crippen LogP contribution in [0, 0.1) is 0 Å². The van der Waals surface area contributed by atoms with Gasteiger partial charge in [-0.1, -0.05) is 12.1 Å². The number of aromatic hydroxyl groups is 2. The van der Waals surface area contributed by atoms with Gasteiger partial charge in [0.1, 0.15) is 0 Å². The van der Waals surface area contributed by atoms with Crippen molar-refractivity contribution in [1.29, 1.82) is 0 Å². The van der Waals surface area contributed by atoms with Gasteiger partial charge in [-0.3, -0.25) is 0 Å². The molecular formula is C20H24O6. The van der Waals surface area contributed by atoms with Crippen LogP contribution in [0.5, 0.6) is 23.0 Å². The van der Waals surface area contributed by atoms with Crippen LogP contribution in [0.25, 0.3) is 0 Å². The summed E-state index contributed by atoms with van der Waals surface area (Å²) in [6.45, 7) is 3.89. The fourth-order valence-electron chi connectivity index (χ4n) is 3.64. The molecule has 1 aliphatic heterocycles. The Morgan fingerprint density at radius 1 is 0.731 bits per heavy atom. The van der Waals surface area contributed by atoms with E-state index in [1.165, 1.54) is 14.2 Å². The minimum atomic E-state index is -0.217. The molecule has 1 aliphatic rings. The number of ether oxygens (including phenoxy) is 2. The van der Waals surface area contributed by atoms with Crippen molar-refractivity contribution in [3.05, 3.63) is 47.5 Å². The summed E-state index contributed by atoms with van der Waals surface area (Å²) >= 11 is 0. The number of rotatable bonds is 4. The Morgan fingerprint density at radius 2 is 1.12 bits per heavy atom. The quantitative estimate of drug-likeness (QED) is 0.809. The van der Waals surface area contributed by atoms with Crippen molar-refractivity contribution in [3.8, 4) is 23.0 Å². The lowest BCUT2D eigenvalue weighted by atomic mass is 9.75. The summed E-state index contributed by atoms with van der Waals surface area (Å²) in [4.78, 5) is 11.0. The highest BCUT2D eigenvalue weighted by atomic mass is 17.2. The lowest BCUT2D eigenvalue weighted by molar-refractivity contribution is -0.376. The lowest BCUT2D eigenvalue weighted by Gasteiger charge is -2.40. The Balaban J connectivity index is 2.08. The monoisotopic (exact) mass is 360 g/mol. The fraction of sp³-hybridized carbons (Fsp3) is 0.400. The Kier molecular flexibility index (Phi) is 5.25. The molecule has 2 aromatic carbocycles. The molecule has 1 fully saturated rings. The smallest absolute Gasteiger partial charge is 0.160 e. The number of phenolic OH excluding ortho intramolecular Hbond substituents is 2. The molecule has 0 aliphatic carbocycles. The molecule has 0 amide bonds. The third kappa shape index (κ3) is 3.30. The van der Waals surface area contributed by atoms with Gasteiger partial charge in [0.05, 0.1) is 26.4 Å². The van der Waals surface area contributed by atoms with Gasteiger partial charge in [-0.05, 0) is 49.2 Å². The number of hydrogen-bond donors (Lipinski definition) is 2. The summed E-state index contributed by atoms with van der Waals surface area (Å²) in [7, 11) is 3.04. The van der Waals surface area contributed by atoms with E-state index < -0.39 is 0 Å². The van der Waals surface area contributed by atoms with Crippen molar-refractivity contribution in [3.63, 3.8) is 0 Å². The van der Waals surface area contributed by atoms with Crippen LogP contribution in [0.1, 0.15) is 36.8 Å². The van der Waals surface area contributed by atoms with E-state index >= 15 is 0 Å². The van der Waals surface area contributed by atoms with Crippen molar-refractivity contribution in [2.45, 2.75) is 37.9 Å². The van der Waals surface area contributed by atoms with Crippen molar-refractivity contribution in [1.82, 2.24) is 0 Å². The zero-order valence-electron chi connectivity index (χ0n) is 15.3.